The highest BCUT2D eigenvalue weighted by molar-refractivity contribution is 5.85. The minimum Gasteiger partial charge on any atom is -0.352 e. The number of amides is 1. The highest BCUT2D eigenvalue weighted by Crippen LogP contribution is 2.14. The van der Waals surface area contributed by atoms with Gasteiger partial charge in [-0.1, -0.05) is 44.0 Å². The summed E-state index contributed by atoms with van der Waals surface area (Å²) < 4.78 is 0. The zero-order valence-corrected chi connectivity index (χ0v) is 17.0. The van der Waals surface area contributed by atoms with Crippen LogP contribution in [-0.2, 0) is 17.9 Å². The molecule has 0 aromatic heterocycles. The Morgan fingerprint density at radius 2 is 1.72 bits per heavy atom. The topological polar surface area (TPSA) is 58.4 Å². The zero-order valence-electron chi connectivity index (χ0n) is 15.4. The van der Waals surface area contributed by atoms with Crippen molar-refractivity contribution in [2.45, 2.75) is 58.7 Å². The minimum absolute atomic E-state index is 0. The second-order valence-electron chi connectivity index (χ2n) is 6.88. The molecule has 1 fully saturated rings. The Bertz CT molecular complexity index is 503. The fourth-order valence-corrected chi connectivity index (χ4v) is 2.98. The van der Waals surface area contributed by atoms with Crippen molar-refractivity contribution in [1.82, 2.24) is 10.2 Å². The van der Waals surface area contributed by atoms with E-state index in [4.69, 9.17) is 5.73 Å². The van der Waals surface area contributed by atoms with E-state index in [0.29, 0.717) is 6.54 Å². The molecule has 144 valence electrons. The molecule has 1 aromatic carbocycles. The highest BCUT2D eigenvalue weighted by atomic mass is 35.5. The van der Waals surface area contributed by atoms with Crippen LogP contribution in [0.2, 0.25) is 0 Å². The molecule has 1 aromatic rings. The molecule has 2 atom stereocenters. The van der Waals surface area contributed by atoms with Crippen LogP contribution in [0.3, 0.4) is 0 Å². The van der Waals surface area contributed by atoms with Gasteiger partial charge in [-0.15, -0.1) is 24.8 Å². The van der Waals surface area contributed by atoms with Crippen LogP contribution in [0.5, 0.6) is 0 Å². The molecular weight excluding hydrogens is 357 g/mol. The van der Waals surface area contributed by atoms with Crippen LogP contribution in [0.15, 0.2) is 24.3 Å². The lowest BCUT2D eigenvalue weighted by molar-refractivity contribution is -0.125. The number of hydrogen-bond donors (Lipinski definition) is 2. The van der Waals surface area contributed by atoms with E-state index in [0.717, 1.165) is 12.1 Å². The van der Waals surface area contributed by atoms with Gasteiger partial charge in [0.05, 0.1) is 0 Å². The average molecular weight is 390 g/mol. The van der Waals surface area contributed by atoms with Crippen molar-refractivity contribution in [3.8, 4) is 0 Å². The van der Waals surface area contributed by atoms with Gasteiger partial charge >= 0.3 is 0 Å². The molecular formula is C19H33Cl2N3O. The van der Waals surface area contributed by atoms with E-state index in [1.54, 1.807) is 0 Å². The van der Waals surface area contributed by atoms with Gasteiger partial charge in [0.2, 0.25) is 5.91 Å². The molecule has 25 heavy (non-hydrogen) atoms. The maximum absolute atomic E-state index is 12.0. The number of nitrogens with one attached hydrogen (secondary N) is 1. The molecule has 0 saturated carbocycles. The Morgan fingerprint density at radius 1 is 1.12 bits per heavy atom. The van der Waals surface area contributed by atoms with Crippen LogP contribution < -0.4 is 11.1 Å². The third-order valence-corrected chi connectivity index (χ3v) is 4.77. The normalized spacial score (nSPS) is 17.4. The molecule has 3 N–H and O–H groups in total. The van der Waals surface area contributed by atoms with Crippen molar-refractivity contribution in [2.75, 3.05) is 13.1 Å². The number of rotatable bonds is 6. The highest BCUT2D eigenvalue weighted by Gasteiger charge is 2.16. The number of benzene rings is 1. The van der Waals surface area contributed by atoms with Crippen molar-refractivity contribution in [3.63, 3.8) is 0 Å². The quantitative estimate of drug-likeness (QED) is 0.782. The van der Waals surface area contributed by atoms with Gasteiger partial charge in [0, 0.05) is 25.0 Å². The first kappa shape index (κ1) is 24.2. The fraction of sp³-hybridized carbons (Fsp3) is 0.632. The SMILES string of the molecule is CC(N)C(C)C(=O)NCc1cccc(CN2CCCCCC2)c1.Cl.Cl. The van der Waals surface area contributed by atoms with Gasteiger partial charge in [0.25, 0.3) is 0 Å². The van der Waals surface area contributed by atoms with E-state index < -0.39 is 0 Å². The molecule has 1 heterocycles. The van der Waals surface area contributed by atoms with E-state index in [2.05, 4.69) is 34.5 Å². The number of nitrogens with zero attached hydrogens (tertiary/aromatic N) is 1. The monoisotopic (exact) mass is 389 g/mol. The molecule has 2 rings (SSSR count). The first-order chi connectivity index (χ1) is 11.1. The lowest BCUT2D eigenvalue weighted by atomic mass is 10.0. The summed E-state index contributed by atoms with van der Waals surface area (Å²) >= 11 is 0. The maximum Gasteiger partial charge on any atom is 0.224 e. The van der Waals surface area contributed by atoms with Crippen LogP contribution in [0, 0.1) is 5.92 Å². The molecule has 0 aliphatic carbocycles. The van der Waals surface area contributed by atoms with Gasteiger partial charge in [-0.3, -0.25) is 9.69 Å². The maximum atomic E-state index is 12.0. The van der Waals surface area contributed by atoms with E-state index in [9.17, 15) is 4.79 Å². The lowest BCUT2D eigenvalue weighted by Gasteiger charge is -2.20. The Balaban J connectivity index is 0.00000288. The van der Waals surface area contributed by atoms with E-state index in [1.165, 1.54) is 44.3 Å². The number of carbonyl (C=O) groups excluding carboxylic acids is 1. The van der Waals surface area contributed by atoms with Gasteiger partial charge in [0.15, 0.2) is 0 Å². The molecule has 6 heteroatoms. The van der Waals surface area contributed by atoms with Crippen LogP contribution >= 0.6 is 24.8 Å². The van der Waals surface area contributed by atoms with Crippen LogP contribution in [0.1, 0.15) is 50.7 Å². The van der Waals surface area contributed by atoms with Gasteiger partial charge in [-0.05, 0) is 44.0 Å². The lowest BCUT2D eigenvalue weighted by Crippen LogP contribution is -2.38. The predicted molar refractivity (Wildman–Crippen MR) is 109 cm³/mol. The molecule has 2 unspecified atom stereocenters. The summed E-state index contributed by atoms with van der Waals surface area (Å²) in [4.78, 5) is 14.5. The molecule has 1 saturated heterocycles. The minimum atomic E-state index is -0.157. The molecule has 1 amide bonds. The van der Waals surface area contributed by atoms with Crippen LogP contribution in [0.4, 0.5) is 0 Å². The summed E-state index contributed by atoms with van der Waals surface area (Å²) in [5.74, 6) is -0.131. The Kier molecular flexibility index (Phi) is 12.1. The molecule has 1 aliphatic heterocycles. The van der Waals surface area contributed by atoms with Gasteiger partial charge < -0.3 is 11.1 Å². The van der Waals surface area contributed by atoms with Crippen molar-refractivity contribution < 1.29 is 4.79 Å². The number of nitrogens with two attached hydrogens (primary N) is 1. The average Bonchev–Trinajstić information content (AvgIpc) is 2.81. The Hall–Kier alpha value is -0.810. The van der Waals surface area contributed by atoms with E-state index in [-0.39, 0.29) is 42.7 Å². The van der Waals surface area contributed by atoms with E-state index >= 15 is 0 Å². The van der Waals surface area contributed by atoms with Crippen LogP contribution in [-0.4, -0.2) is 29.9 Å². The number of hydrogen-bond acceptors (Lipinski definition) is 3. The van der Waals surface area contributed by atoms with Gasteiger partial charge in [-0.25, -0.2) is 0 Å². The third kappa shape index (κ3) is 8.41. The Labute approximate surface area is 164 Å². The second kappa shape index (κ2) is 12.5. The predicted octanol–water partition coefficient (Wildman–Crippen LogP) is 3.51. The number of carbonyl (C=O) groups is 1. The third-order valence-electron chi connectivity index (χ3n) is 4.77. The Morgan fingerprint density at radius 3 is 2.32 bits per heavy atom. The fourth-order valence-electron chi connectivity index (χ4n) is 2.98. The summed E-state index contributed by atoms with van der Waals surface area (Å²) in [7, 11) is 0. The summed E-state index contributed by atoms with van der Waals surface area (Å²) in [6.07, 6.45) is 5.34. The van der Waals surface area contributed by atoms with Gasteiger partial charge in [0.1, 0.15) is 0 Å². The number of halogens is 2. The van der Waals surface area contributed by atoms with Crippen molar-refractivity contribution in [2.24, 2.45) is 11.7 Å². The zero-order chi connectivity index (χ0) is 16.7. The van der Waals surface area contributed by atoms with Crippen molar-refractivity contribution in [1.29, 1.82) is 0 Å². The molecule has 1 aliphatic rings. The van der Waals surface area contributed by atoms with Crippen molar-refractivity contribution >= 4 is 30.7 Å². The molecule has 0 spiro atoms. The first-order valence-electron chi connectivity index (χ1n) is 8.89. The van der Waals surface area contributed by atoms with Crippen LogP contribution in [0.25, 0.3) is 0 Å². The summed E-state index contributed by atoms with van der Waals surface area (Å²) in [5, 5.41) is 2.99. The summed E-state index contributed by atoms with van der Waals surface area (Å²) in [5.41, 5.74) is 8.27. The summed E-state index contributed by atoms with van der Waals surface area (Å²) in [6, 6.07) is 8.43. The van der Waals surface area contributed by atoms with Gasteiger partial charge in [-0.2, -0.15) is 0 Å². The summed E-state index contributed by atoms with van der Waals surface area (Å²) in [6.45, 7) is 7.73. The van der Waals surface area contributed by atoms with Crippen molar-refractivity contribution in [3.05, 3.63) is 35.4 Å². The largest absolute Gasteiger partial charge is 0.352 e. The first-order valence-corrected chi connectivity index (χ1v) is 8.89. The standard InChI is InChI=1S/C19H31N3O.2ClH/c1-15(16(2)20)19(23)21-13-17-8-7-9-18(12-17)14-22-10-5-3-4-6-11-22;;/h7-9,12,15-16H,3-6,10-11,13-14,20H2,1-2H3,(H,21,23);2*1H. The molecule has 0 radical (unpaired) electrons. The second-order valence-corrected chi connectivity index (χ2v) is 6.88. The van der Waals surface area contributed by atoms with E-state index in [1.807, 2.05) is 13.8 Å². The number of likely N-dealkylation sites (tertiary alicyclic amines) is 1. The smallest absolute Gasteiger partial charge is 0.224 e. The molecule has 4 nitrogen and oxygen atoms in total. The molecule has 0 bridgehead atoms.